The molecule has 0 aliphatic heterocycles. The third-order valence-electron chi connectivity index (χ3n) is 3.21. The zero-order chi connectivity index (χ0) is 17.0. The molecular weight excluding hydrogens is 300 g/mol. The van der Waals surface area contributed by atoms with Gasteiger partial charge in [-0.25, -0.2) is 0 Å². The van der Waals surface area contributed by atoms with E-state index in [1.54, 1.807) is 38.1 Å². The van der Waals surface area contributed by atoms with Crippen LogP contribution >= 0.6 is 11.6 Å². The summed E-state index contributed by atoms with van der Waals surface area (Å²) in [6.45, 7) is 9.26. The topological polar surface area (TPSA) is 41.6 Å². The van der Waals surface area contributed by atoms with Crippen molar-refractivity contribution in [1.29, 1.82) is 0 Å². The minimum Gasteiger partial charge on any atom is -0.478 e. The Morgan fingerprint density at radius 3 is 2.23 bits per heavy atom. The Hall–Kier alpha value is -1.26. The molecule has 4 nitrogen and oxygen atoms in total. The SMILES string of the molecule is CN(C)CC(C)(C)CNC(=O)C(C)(C)Oc1ccc(Cl)cc1. The van der Waals surface area contributed by atoms with Gasteiger partial charge in [0.15, 0.2) is 5.60 Å². The van der Waals surface area contributed by atoms with Crippen molar-refractivity contribution in [3.05, 3.63) is 29.3 Å². The Morgan fingerprint density at radius 2 is 1.73 bits per heavy atom. The molecule has 1 N–H and O–H groups in total. The summed E-state index contributed by atoms with van der Waals surface area (Å²) in [7, 11) is 4.05. The molecule has 0 aliphatic carbocycles. The van der Waals surface area contributed by atoms with E-state index in [2.05, 4.69) is 24.1 Å². The molecule has 1 aromatic rings. The Kier molecular flexibility index (Phi) is 6.27. The summed E-state index contributed by atoms with van der Waals surface area (Å²) in [6, 6.07) is 7.00. The van der Waals surface area contributed by atoms with Gasteiger partial charge < -0.3 is 15.0 Å². The van der Waals surface area contributed by atoms with E-state index in [1.807, 2.05) is 14.1 Å². The molecule has 0 bridgehead atoms. The fourth-order valence-corrected chi connectivity index (χ4v) is 2.41. The highest BCUT2D eigenvalue weighted by atomic mass is 35.5. The second kappa shape index (κ2) is 7.34. The molecular formula is C17H27ClN2O2. The van der Waals surface area contributed by atoms with Gasteiger partial charge in [0.2, 0.25) is 0 Å². The minimum absolute atomic E-state index is 0.00445. The fraction of sp³-hybridized carbons (Fsp3) is 0.588. The maximum absolute atomic E-state index is 12.4. The third kappa shape index (κ3) is 6.24. The van der Waals surface area contributed by atoms with Crippen LogP contribution in [0.4, 0.5) is 0 Å². The van der Waals surface area contributed by atoms with Crippen molar-refractivity contribution >= 4 is 17.5 Å². The standard InChI is InChI=1S/C17H27ClN2O2/c1-16(2,12-20(5)6)11-19-15(21)17(3,4)22-14-9-7-13(18)8-10-14/h7-10H,11-12H2,1-6H3,(H,19,21). The van der Waals surface area contributed by atoms with Crippen LogP contribution in [0.25, 0.3) is 0 Å². The number of carbonyl (C=O) groups is 1. The van der Waals surface area contributed by atoms with Crippen molar-refractivity contribution < 1.29 is 9.53 Å². The molecule has 0 aliphatic rings. The van der Waals surface area contributed by atoms with Gasteiger partial charge in [-0.3, -0.25) is 4.79 Å². The first kappa shape index (κ1) is 18.8. The lowest BCUT2D eigenvalue weighted by molar-refractivity contribution is -0.134. The van der Waals surface area contributed by atoms with Gasteiger partial charge in [0, 0.05) is 18.1 Å². The van der Waals surface area contributed by atoms with Crippen LogP contribution in [0.2, 0.25) is 5.02 Å². The lowest BCUT2D eigenvalue weighted by Gasteiger charge is -2.31. The first-order valence-corrected chi connectivity index (χ1v) is 7.77. The lowest BCUT2D eigenvalue weighted by Crippen LogP contribution is -2.50. The van der Waals surface area contributed by atoms with E-state index in [9.17, 15) is 4.79 Å². The van der Waals surface area contributed by atoms with Crippen molar-refractivity contribution in [3.63, 3.8) is 0 Å². The number of hydrogen-bond donors (Lipinski definition) is 1. The van der Waals surface area contributed by atoms with Crippen LogP contribution in [0, 0.1) is 5.41 Å². The normalized spacial score (nSPS) is 12.4. The Morgan fingerprint density at radius 1 is 1.18 bits per heavy atom. The smallest absolute Gasteiger partial charge is 0.263 e. The molecule has 1 rings (SSSR count). The van der Waals surface area contributed by atoms with E-state index < -0.39 is 5.60 Å². The van der Waals surface area contributed by atoms with Gasteiger partial charge in [-0.05, 0) is 57.6 Å². The highest BCUT2D eigenvalue weighted by molar-refractivity contribution is 6.30. The third-order valence-corrected chi connectivity index (χ3v) is 3.46. The average Bonchev–Trinajstić information content (AvgIpc) is 2.37. The molecule has 0 aromatic heterocycles. The molecule has 0 radical (unpaired) electrons. The molecule has 22 heavy (non-hydrogen) atoms. The van der Waals surface area contributed by atoms with Crippen molar-refractivity contribution in [3.8, 4) is 5.75 Å². The van der Waals surface area contributed by atoms with Gasteiger partial charge in [-0.1, -0.05) is 25.4 Å². The van der Waals surface area contributed by atoms with Crippen LogP contribution in [-0.2, 0) is 4.79 Å². The Balaban J connectivity index is 2.61. The molecule has 0 atom stereocenters. The van der Waals surface area contributed by atoms with Gasteiger partial charge in [0.25, 0.3) is 5.91 Å². The van der Waals surface area contributed by atoms with Crippen molar-refractivity contribution in [2.45, 2.75) is 33.3 Å². The molecule has 1 aromatic carbocycles. The predicted molar refractivity (Wildman–Crippen MR) is 91.5 cm³/mol. The summed E-state index contributed by atoms with van der Waals surface area (Å²) in [5.41, 5.74) is -0.947. The van der Waals surface area contributed by atoms with E-state index in [0.29, 0.717) is 17.3 Å². The first-order valence-electron chi connectivity index (χ1n) is 7.39. The van der Waals surface area contributed by atoms with Crippen molar-refractivity contribution in [1.82, 2.24) is 10.2 Å². The summed E-state index contributed by atoms with van der Waals surface area (Å²) in [5.74, 6) is 0.492. The number of benzene rings is 1. The molecule has 5 heteroatoms. The molecule has 0 fully saturated rings. The van der Waals surface area contributed by atoms with Gasteiger partial charge in [-0.2, -0.15) is 0 Å². The van der Waals surface area contributed by atoms with Crippen molar-refractivity contribution in [2.24, 2.45) is 5.41 Å². The van der Waals surface area contributed by atoms with Crippen LogP contribution in [-0.4, -0.2) is 43.6 Å². The largest absolute Gasteiger partial charge is 0.478 e. The van der Waals surface area contributed by atoms with E-state index in [0.717, 1.165) is 6.54 Å². The zero-order valence-corrected chi connectivity index (χ0v) is 15.1. The van der Waals surface area contributed by atoms with Gasteiger partial charge >= 0.3 is 0 Å². The molecule has 0 spiro atoms. The number of amides is 1. The van der Waals surface area contributed by atoms with Crippen LogP contribution in [0.5, 0.6) is 5.75 Å². The highest BCUT2D eigenvalue weighted by Gasteiger charge is 2.31. The molecule has 0 unspecified atom stereocenters. The zero-order valence-electron chi connectivity index (χ0n) is 14.4. The number of nitrogens with zero attached hydrogens (tertiary/aromatic N) is 1. The van der Waals surface area contributed by atoms with E-state index in [1.165, 1.54) is 0 Å². The second-order valence-electron chi connectivity index (χ2n) is 7.15. The summed E-state index contributed by atoms with van der Waals surface area (Å²) < 4.78 is 5.78. The van der Waals surface area contributed by atoms with Crippen LogP contribution in [0.15, 0.2) is 24.3 Å². The maximum atomic E-state index is 12.4. The maximum Gasteiger partial charge on any atom is 0.263 e. The first-order chi connectivity index (χ1) is 10.0. The molecule has 124 valence electrons. The lowest BCUT2D eigenvalue weighted by atomic mass is 9.92. The highest BCUT2D eigenvalue weighted by Crippen LogP contribution is 2.21. The number of halogens is 1. The summed E-state index contributed by atoms with van der Waals surface area (Å²) in [6.07, 6.45) is 0. The molecule has 0 heterocycles. The van der Waals surface area contributed by atoms with Gasteiger partial charge in [0.1, 0.15) is 5.75 Å². The Labute approximate surface area is 138 Å². The quantitative estimate of drug-likeness (QED) is 0.836. The number of carbonyl (C=O) groups excluding carboxylic acids is 1. The second-order valence-corrected chi connectivity index (χ2v) is 7.59. The van der Waals surface area contributed by atoms with Gasteiger partial charge in [0.05, 0.1) is 0 Å². The molecule has 1 amide bonds. The number of nitrogens with one attached hydrogen (secondary N) is 1. The molecule has 0 saturated heterocycles. The summed E-state index contributed by atoms with van der Waals surface area (Å²) >= 11 is 5.85. The predicted octanol–water partition coefficient (Wildman–Crippen LogP) is 3.20. The number of hydrogen-bond acceptors (Lipinski definition) is 3. The van der Waals surface area contributed by atoms with Crippen molar-refractivity contribution in [2.75, 3.05) is 27.2 Å². The summed E-state index contributed by atoms with van der Waals surface area (Å²) in [5, 5.41) is 3.62. The van der Waals surface area contributed by atoms with E-state index >= 15 is 0 Å². The number of rotatable bonds is 7. The van der Waals surface area contributed by atoms with Gasteiger partial charge in [-0.15, -0.1) is 0 Å². The minimum atomic E-state index is -0.942. The number of ether oxygens (including phenoxy) is 1. The van der Waals surface area contributed by atoms with Crippen LogP contribution in [0.1, 0.15) is 27.7 Å². The van der Waals surface area contributed by atoms with Crippen LogP contribution in [0.3, 0.4) is 0 Å². The molecule has 0 saturated carbocycles. The van der Waals surface area contributed by atoms with E-state index in [4.69, 9.17) is 16.3 Å². The Bertz CT molecular complexity index is 496. The monoisotopic (exact) mass is 326 g/mol. The fourth-order valence-electron chi connectivity index (χ4n) is 2.29. The van der Waals surface area contributed by atoms with E-state index in [-0.39, 0.29) is 11.3 Å². The average molecular weight is 327 g/mol. The van der Waals surface area contributed by atoms with Crippen LogP contribution < -0.4 is 10.1 Å². The summed E-state index contributed by atoms with van der Waals surface area (Å²) in [4.78, 5) is 14.5.